The lowest BCUT2D eigenvalue weighted by Crippen LogP contribution is -2.54. The summed E-state index contributed by atoms with van der Waals surface area (Å²) in [5.74, 6) is -0.981. The van der Waals surface area contributed by atoms with Crippen molar-refractivity contribution in [2.24, 2.45) is 17.8 Å². The number of rotatable bonds is 5. The average Bonchev–Trinajstić information content (AvgIpc) is 3.13. The highest BCUT2D eigenvalue weighted by molar-refractivity contribution is 5.85. The second-order valence-electron chi connectivity index (χ2n) is 9.32. The summed E-state index contributed by atoms with van der Waals surface area (Å²) < 4.78 is 13.9. The van der Waals surface area contributed by atoms with Crippen molar-refractivity contribution >= 4 is 22.8 Å². The van der Waals surface area contributed by atoms with Crippen LogP contribution in [0.3, 0.4) is 0 Å². The number of nitrogens with one attached hydrogen (secondary N) is 1. The zero-order chi connectivity index (χ0) is 21.4. The van der Waals surface area contributed by atoms with Crippen molar-refractivity contribution in [2.75, 3.05) is 6.54 Å². The van der Waals surface area contributed by atoms with Gasteiger partial charge in [0.05, 0.1) is 5.92 Å². The maximum atomic E-state index is 13.9. The zero-order valence-corrected chi connectivity index (χ0v) is 17.7. The molecular weight excluding hydrogens is 383 g/mol. The predicted molar refractivity (Wildman–Crippen MR) is 114 cm³/mol. The number of fused-ring (bicyclic) bond motifs is 2. The maximum Gasteiger partial charge on any atom is 0.306 e. The molecule has 162 valence electrons. The van der Waals surface area contributed by atoms with Gasteiger partial charge < -0.3 is 15.0 Å². The number of piperidine rings is 1. The predicted octanol–water partition coefficient (Wildman–Crippen LogP) is 4.93. The summed E-state index contributed by atoms with van der Waals surface area (Å²) in [6, 6.07) is 4.75. The minimum atomic E-state index is -0.722. The van der Waals surface area contributed by atoms with Gasteiger partial charge in [0, 0.05) is 36.1 Å². The third-order valence-electron chi connectivity index (χ3n) is 7.29. The molecule has 1 aromatic heterocycles. The minimum Gasteiger partial charge on any atom is -0.481 e. The molecule has 4 atom stereocenters. The van der Waals surface area contributed by atoms with Gasteiger partial charge in [-0.1, -0.05) is 26.7 Å². The number of aromatic nitrogens is 1. The summed E-state index contributed by atoms with van der Waals surface area (Å²) in [4.78, 5) is 30.3. The van der Waals surface area contributed by atoms with E-state index in [-0.39, 0.29) is 41.4 Å². The van der Waals surface area contributed by atoms with Crippen LogP contribution in [0.25, 0.3) is 10.9 Å². The number of nitrogens with zero attached hydrogens (tertiary/aromatic N) is 1. The molecule has 2 N–H and O–H groups in total. The first-order valence-electron chi connectivity index (χ1n) is 11.2. The monoisotopic (exact) mass is 414 g/mol. The van der Waals surface area contributed by atoms with Crippen LogP contribution in [-0.2, 0) is 9.59 Å². The summed E-state index contributed by atoms with van der Waals surface area (Å²) in [5, 5.41) is 10.5. The van der Waals surface area contributed by atoms with Crippen LogP contribution in [0.2, 0.25) is 0 Å². The number of aliphatic carboxylic acids is 1. The van der Waals surface area contributed by atoms with Crippen LogP contribution in [0, 0.1) is 23.6 Å². The summed E-state index contributed by atoms with van der Waals surface area (Å²) in [6.07, 6.45) is 6.68. The molecule has 6 heteroatoms. The highest BCUT2D eigenvalue weighted by Gasteiger charge is 2.44. The molecule has 4 rings (SSSR count). The van der Waals surface area contributed by atoms with Crippen molar-refractivity contribution in [3.63, 3.8) is 0 Å². The smallest absolute Gasteiger partial charge is 0.306 e. The third kappa shape index (κ3) is 3.84. The lowest BCUT2D eigenvalue weighted by Gasteiger charge is -2.47. The number of amides is 1. The molecule has 0 bridgehead atoms. The molecule has 5 nitrogen and oxygen atoms in total. The number of hydrogen-bond donors (Lipinski definition) is 2. The largest absolute Gasteiger partial charge is 0.481 e. The van der Waals surface area contributed by atoms with Crippen molar-refractivity contribution in [2.45, 2.75) is 64.3 Å². The number of carboxylic acids is 1. The van der Waals surface area contributed by atoms with Crippen LogP contribution < -0.4 is 0 Å². The van der Waals surface area contributed by atoms with Gasteiger partial charge in [0.1, 0.15) is 5.82 Å². The Kier molecular flexibility index (Phi) is 5.85. The highest BCUT2D eigenvalue weighted by Crippen LogP contribution is 2.41. The van der Waals surface area contributed by atoms with E-state index < -0.39 is 5.97 Å². The molecule has 0 spiro atoms. The van der Waals surface area contributed by atoms with Gasteiger partial charge >= 0.3 is 5.97 Å². The first kappa shape index (κ1) is 20.9. The van der Waals surface area contributed by atoms with Gasteiger partial charge in [-0.15, -0.1) is 0 Å². The van der Waals surface area contributed by atoms with Crippen molar-refractivity contribution in [3.8, 4) is 0 Å². The number of H-pyrrole nitrogens is 1. The van der Waals surface area contributed by atoms with Crippen molar-refractivity contribution in [3.05, 3.63) is 35.8 Å². The van der Waals surface area contributed by atoms with Crippen LogP contribution in [0.5, 0.6) is 0 Å². The average molecular weight is 415 g/mol. The molecule has 0 radical (unpaired) electrons. The summed E-state index contributed by atoms with van der Waals surface area (Å²) in [7, 11) is 0. The fraction of sp³-hybridized carbons (Fsp3) is 0.583. The molecule has 1 aliphatic carbocycles. The Balaban J connectivity index is 1.57. The lowest BCUT2D eigenvalue weighted by atomic mass is 9.71. The number of carboxylic acid groups (broad SMARTS) is 1. The second kappa shape index (κ2) is 8.40. The van der Waals surface area contributed by atoms with E-state index in [0.717, 1.165) is 42.1 Å². The summed E-state index contributed by atoms with van der Waals surface area (Å²) >= 11 is 0. The fourth-order valence-corrected chi connectivity index (χ4v) is 5.70. The Morgan fingerprint density at radius 1 is 1.23 bits per heavy atom. The van der Waals surface area contributed by atoms with Gasteiger partial charge in [0.25, 0.3) is 0 Å². The number of halogens is 1. The molecular formula is C24H31FN2O3. The standard InChI is InChI=1S/C24H31FN2O3/c1-14(2)18(20-13-26-21-8-7-15(25)11-19(20)21)12-23(28)27-10-9-17(24(29)30)16-5-3-4-6-22(16)27/h7-8,11,13-14,16-18,22,26H,3-6,9-10,12H2,1-2H3,(H,29,30). The van der Waals surface area contributed by atoms with Crippen LogP contribution in [0.4, 0.5) is 4.39 Å². The molecule has 1 amide bonds. The first-order valence-corrected chi connectivity index (χ1v) is 11.2. The van der Waals surface area contributed by atoms with E-state index in [1.54, 1.807) is 6.07 Å². The van der Waals surface area contributed by atoms with Crippen molar-refractivity contribution in [1.82, 2.24) is 9.88 Å². The summed E-state index contributed by atoms with van der Waals surface area (Å²) in [6.45, 7) is 4.70. The summed E-state index contributed by atoms with van der Waals surface area (Å²) in [5.41, 5.74) is 1.85. The Bertz CT molecular complexity index is 938. The van der Waals surface area contributed by atoms with E-state index in [4.69, 9.17) is 0 Å². The van der Waals surface area contributed by atoms with Crippen LogP contribution in [0.15, 0.2) is 24.4 Å². The quantitative estimate of drug-likeness (QED) is 0.729. The van der Waals surface area contributed by atoms with Gasteiger partial charge in [-0.25, -0.2) is 4.39 Å². The SMILES string of the molecule is CC(C)C(CC(=O)N1CCC(C(=O)O)C2CCCCC21)c1c[nH]c2ccc(F)cc12. The minimum absolute atomic E-state index is 0.0210. The Morgan fingerprint density at radius 3 is 2.73 bits per heavy atom. The topological polar surface area (TPSA) is 73.4 Å². The van der Waals surface area contributed by atoms with E-state index in [9.17, 15) is 19.1 Å². The number of benzene rings is 1. The fourth-order valence-electron chi connectivity index (χ4n) is 5.70. The molecule has 2 aliphatic rings. The highest BCUT2D eigenvalue weighted by atomic mass is 19.1. The Labute approximate surface area is 176 Å². The molecule has 2 heterocycles. The zero-order valence-electron chi connectivity index (χ0n) is 17.7. The third-order valence-corrected chi connectivity index (χ3v) is 7.29. The molecule has 1 aliphatic heterocycles. The van der Waals surface area contributed by atoms with Crippen LogP contribution in [0.1, 0.15) is 63.9 Å². The molecule has 2 fully saturated rings. The lowest BCUT2D eigenvalue weighted by molar-refractivity contribution is -0.154. The molecule has 1 saturated carbocycles. The van der Waals surface area contributed by atoms with E-state index in [1.165, 1.54) is 12.1 Å². The van der Waals surface area contributed by atoms with E-state index >= 15 is 0 Å². The van der Waals surface area contributed by atoms with Gasteiger partial charge in [-0.2, -0.15) is 0 Å². The van der Waals surface area contributed by atoms with Gasteiger partial charge in [-0.05, 0) is 60.8 Å². The molecule has 1 saturated heterocycles. The number of carbonyl (C=O) groups is 2. The van der Waals surface area contributed by atoms with Crippen molar-refractivity contribution < 1.29 is 19.1 Å². The van der Waals surface area contributed by atoms with Gasteiger partial charge in [-0.3, -0.25) is 9.59 Å². The van der Waals surface area contributed by atoms with Gasteiger partial charge in [0.2, 0.25) is 5.91 Å². The Morgan fingerprint density at radius 2 is 2.00 bits per heavy atom. The molecule has 1 aromatic carbocycles. The molecule has 4 unspecified atom stereocenters. The van der Waals surface area contributed by atoms with E-state index in [1.807, 2.05) is 11.1 Å². The van der Waals surface area contributed by atoms with Crippen molar-refractivity contribution in [1.29, 1.82) is 0 Å². The maximum absolute atomic E-state index is 13.9. The second-order valence-corrected chi connectivity index (χ2v) is 9.32. The molecule has 2 aromatic rings. The molecule has 30 heavy (non-hydrogen) atoms. The number of likely N-dealkylation sites (tertiary alicyclic amines) is 1. The number of hydrogen-bond acceptors (Lipinski definition) is 2. The number of carbonyl (C=O) groups excluding carboxylic acids is 1. The number of aromatic amines is 1. The van der Waals surface area contributed by atoms with E-state index in [2.05, 4.69) is 18.8 Å². The normalized spacial score (nSPS) is 25.3. The van der Waals surface area contributed by atoms with Gasteiger partial charge in [0.15, 0.2) is 0 Å². The van der Waals surface area contributed by atoms with E-state index in [0.29, 0.717) is 19.4 Å². The first-order chi connectivity index (χ1) is 14.4. The van der Waals surface area contributed by atoms with Crippen LogP contribution >= 0.6 is 0 Å². The Hall–Kier alpha value is -2.37. The van der Waals surface area contributed by atoms with Crippen LogP contribution in [-0.4, -0.2) is 39.5 Å².